The molecule has 0 bridgehead atoms. The molecule has 174 valence electrons. The van der Waals surface area contributed by atoms with Crippen LogP contribution < -0.4 is 5.46 Å². The second kappa shape index (κ2) is 11.5. The van der Waals surface area contributed by atoms with E-state index in [1.807, 2.05) is 32.6 Å². The standard InChI is InChI=1S/C25H41BFNO3/c1-7-9-11-13-17-28(18-14-12-10-8-2)23(29)20-15-16-21(22(27)19-20)26-30-24(3,4)25(5,6)31-26/h15-16,19H,7-14,17-18H2,1-6H3. The summed E-state index contributed by atoms with van der Waals surface area (Å²) in [6.45, 7) is 13.6. The van der Waals surface area contributed by atoms with Gasteiger partial charge in [0.05, 0.1) is 11.2 Å². The molecule has 31 heavy (non-hydrogen) atoms. The summed E-state index contributed by atoms with van der Waals surface area (Å²) in [6, 6.07) is 4.68. The predicted octanol–water partition coefficient (Wildman–Crippen LogP) is 5.73. The second-order valence-corrected chi connectivity index (χ2v) is 9.74. The fourth-order valence-corrected chi connectivity index (χ4v) is 3.78. The highest BCUT2D eigenvalue weighted by molar-refractivity contribution is 6.62. The van der Waals surface area contributed by atoms with Crippen molar-refractivity contribution in [3.8, 4) is 0 Å². The summed E-state index contributed by atoms with van der Waals surface area (Å²) in [5.41, 5.74) is -0.338. The molecule has 6 heteroatoms. The maximum absolute atomic E-state index is 15.0. The Morgan fingerprint density at radius 3 is 1.87 bits per heavy atom. The third kappa shape index (κ3) is 6.79. The summed E-state index contributed by atoms with van der Waals surface area (Å²) < 4.78 is 27.0. The molecule has 1 fully saturated rings. The van der Waals surface area contributed by atoms with Crippen molar-refractivity contribution < 1.29 is 18.5 Å². The number of unbranched alkanes of at least 4 members (excludes halogenated alkanes) is 6. The maximum atomic E-state index is 15.0. The van der Waals surface area contributed by atoms with Gasteiger partial charge in [0.25, 0.3) is 5.91 Å². The summed E-state index contributed by atoms with van der Waals surface area (Å²) >= 11 is 0. The van der Waals surface area contributed by atoms with Gasteiger partial charge in [0.2, 0.25) is 0 Å². The van der Waals surface area contributed by atoms with E-state index in [4.69, 9.17) is 9.31 Å². The summed E-state index contributed by atoms with van der Waals surface area (Å²) in [4.78, 5) is 15.1. The highest BCUT2D eigenvalue weighted by atomic mass is 19.1. The number of carbonyl (C=O) groups excluding carboxylic acids is 1. The Bertz CT molecular complexity index is 695. The minimum Gasteiger partial charge on any atom is -0.399 e. The van der Waals surface area contributed by atoms with E-state index in [0.717, 1.165) is 51.6 Å². The highest BCUT2D eigenvalue weighted by Crippen LogP contribution is 2.36. The van der Waals surface area contributed by atoms with E-state index in [1.54, 1.807) is 12.1 Å². The molecule has 0 aromatic heterocycles. The Hall–Kier alpha value is -1.40. The molecule has 1 amide bonds. The third-order valence-electron chi connectivity index (χ3n) is 6.60. The molecule has 1 heterocycles. The van der Waals surface area contributed by atoms with Crippen LogP contribution in [0.25, 0.3) is 0 Å². The van der Waals surface area contributed by atoms with Gasteiger partial charge in [-0.15, -0.1) is 0 Å². The van der Waals surface area contributed by atoms with Crippen molar-refractivity contribution in [3.05, 3.63) is 29.6 Å². The summed E-state index contributed by atoms with van der Waals surface area (Å²) in [5.74, 6) is -0.548. The molecule has 0 spiro atoms. The van der Waals surface area contributed by atoms with Crippen LogP contribution in [0.4, 0.5) is 4.39 Å². The van der Waals surface area contributed by atoms with Crippen molar-refractivity contribution in [1.82, 2.24) is 4.90 Å². The lowest BCUT2D eigenvalue weighted by atomic mass is 9.78. The van der Waals surface area contributed by atoms with Crippen molar-refractivity contribution in [2.45, 2.75) is 104 Å². The van der Waals surface area contributed by atoms with Gasteiger partial charge < -0.3 is 14.2 Å². The Morgan fingerprint density at radius 2 is 1.42 bits per heavy atom. The Balaban J connectivity index is 2.10. The Kier molecular flexibility index (Phi) is 9.56. The van der Waals surface area contributed by atoms with Gasteiger partial charge in [-0.2, -0.15) is 0 Å². The van der Waals surface area contributed by atoms with Crippen molar-refractivity contribution in [3.63, 3.8) is 0 Å². The van der Waals surface area contributed by atoms with Crippen LogP contribution in [0.15, 0.2) is 18.2 Å². The molecule has 1 saturated heterocycles. The van der Waals surface area contributed by atoms with Gasteiger partial charge in [-0.05, 0) is 52.7 Å². The molecular formula is C25H41BFNO3. The van der Waals surface area contributed by atoms with Crippen LogP contribution in [0, 0.1) is 5.82 Å². The van der Waals surface area contributed by atoms with Gasteiger partial charge in [0.15, 0.2) is 0 Å². The van der Waals surface area contributed by atoms with E-state index in [2.05, 4.69) is 13.8 Å². The fraction of sp³-hybridized carbons (Fsp3) is 0.720. The first kappa shape index (κ1) is 25.9. The molecule has 1 aromatic rings. The monoisotopic (exact) mass is 433 g/mol. The van der Waals surface area contributed by atoms with Gasteiger partial charge in [-0.1, -0.05) is 58.4 Å². The molecule has 1 aliphatic heterocycles. The Labute approximate surface area is 189 Å². The zero-order chi connectivity index (χ0) is 23.1. The molecule has 0 unspecified atom stereocenters. The lowest BCUT2D eigenvalue weighted by Crippen LogP contribution is -2.41. The highest BCUT2D eigenvalue weighted by Gasteiger charge is 2.52. The van der Waals surface area contributed by atoms with Gasteiger partial charge in [-0.3, -0.25) is 4.79 Å². The molecule has 0 saturated carbocycles. The molecular weight excluding hydrogens is 392 g/mol. The first-order chi connectivity index (χ1) is 14.6. The minimum absolute atomic E-state index is 0.0904. The zero-order valence-corrected chi connectivity index (χ0v) is 20.4. The first-order valence-electron chi connectivity index (χ1n) is 12.1. The van der Waals surface area contributed by atoms with Crippen molar-refractivity contribution in [2.75, 3.05) is 13.1 Å². The largest absolute Gasteiger partial charge is 0.497 e. The van der Waals surface area contributed by atoms with Crippen LogP contribution in [0.1, 0.15) is 103 Å². The van der Waals surface area contributed by atoms with Crippen molar-refractivity contribution in [2.24, 2.45) is 0 Å². The van der Waals surface area contributed by atoms with Gasteiger partial charge in [0.1, 0.15) is 5.82 Å². The first-order valence-corrected chi connectivity index (χ1v) is 12.1. The van der Waals surface area contributed by atoms with Crippen LogP contribution in [-0.2, 0) is 9.31 Å². The average molecular weight is 433 g/mol. The minimum atomic E-state index is -0.770. The Morgan fingerprint density at radius 1 is 0.903 bits per heavy atom. The third-order valence-corrected chi connectivity index (χ3v) is 6.60. The molecule has 1 aliphatic rings. The SMILES string of the molecule is CCCCCCN(CCCCCC)C(=O)c1ccc(B2OC(C)(C)C(C)(C)O2)c(F)c1. The zero-order valence-electron chi connectivity index (χ0n) is 20.4. The van der Waals surface area contributed by atoms with E-state index < -0.39 is 24.1 Å². The average Bonchev–Trinajstić information content (AvgIpc) is 2.93. The molecule has 0 aliphatic carbocycles. The maximum Gasteiger partial charge on any atom is 0.497 e. The normalized spacial score (nSPS) is 17.2. The van der Waals surface area contributed by atoms with Crippen molar-refractivity contribution in [1.29, 1.82) is 0 Å². The van der Waals surface area contributed by atoms with Crippen molar-refractivity contribution >= 4 is 18.5 Å². The number of benzene rings is 1. The van der Waals surface area contributed by atoms with Gasteiger partial charge in [0, 0.05) is 24.1 Å². The molecule has 4 nitrogen and oxygen atoms in total. The van der Waals surface area contributed by atoms with Crippen LogP contribution in [-0.4, -0.2) is 42.2 Å². The number of rotatable bonds is 12. The predicted molar refractivity (Wildman–Crippen MR) is 126 cm³/mol. The van der Waals surface area contributed by atoms with Gasteiger partial charge >= 0.3 is 7.12 Å². The number of hydrogen-bond donors (Lipinski definition) is 0. The summed E-state index contributed by atoms with van der Waals surface area (Å²) in [6.07, 6.45) is 8.88. The number of hydrogen-bond acceptors (Lipinski definition) is 3. The van der Waals surface area contributed by atoms with Crippen LogP contribution in [0.5, 0.6) is 0 Å². The molecule has 0 N–H and O–H groups in total. The molecule has 1 aromatic carbocycles. The number of amides is 1. The molecule has 0 radical (unpaired) electrons. The quantitative estimate of drug-likeness (QED) is 0.312. The molecule has 0 atom stereocenters. The summed E-state index contributed by atoms with van der Waals surface area (Å²) in [7, 11) is -0.770. The van der Waals surface area contributed by atoms with Crippen LogP contribution in [0.3, 0.4) is 0 Å². The second-order valence-electron chi connectivity index (χ2n) is 9.74. The fourth-order valence-electron chi connectivity index (χ4n) is 3.78. The lowest BCUT2D eigenvalue weighted by Gasteiger charge is -2.32. The topological polar surface area (TPSA) is 38.8 Å². The van der Waals surface area contributed by atoms with E-state index >= 15 is 4.39 Å². The number of carbonyl (C=O) groups is 1. The van der Waals surface area contributed by atoms with E-state index in [1.165, 1.54) is 18.9 Å². The summed E-state index contributed by atoms with van der Waals surface area (Å²) in [5, 5.41) is 0. The van der Waals surface area contributed by atoms with Gasteiger partial charge in [-0.25, -0.2) is 4.39 Å². The number of halogens is 1. The number of nitrogens with zero attached hydrogens (tertiary/aromatic N) is 1. The van der Waals surface area contributed by atoms with Crippen LogP contribution >= 0.6 is 0 Å². The van der Waals surface area contributed by atoms with E-state index in [9.17, 15) is 4.79 Å². The van der Waals surface area contributed by atoms with E-state index in [0.29, 0.717) is 11.0 Å². The van der Waals surface area contributed by atoms with Crippen LogP contribution in [0.2, 0.25) is 0 Å². The van der Waals surface area contributed by atoms with E-state index in [-0.39, 0.29) is 5.91 Å². The molecule has 2 rings (SSSR count). The lowest BCUT2D eigenvalue weighted by molar-refractivity contribution is 0.00578. The smallest absolute Gasteiger partial charge is 0.399 e.